The van der Waals surface area contributed by atoms with Crippen LogP contribution in [-0.4, -0.2) is 43.7 Å². The largest absolute Gasteiger partial charge is 0.389 e. The predicted octanol–water partition coefficient (Wildman–Crippen LogP) is 5.38. The lowest BCUT2D eigenvalue weighted by molar-refractivity contribution is 0.0630. The molecular formula is C28H27N5O4S. The lowest BCUT2D eigenvalue weighted by Crippen LogP contribution is -2.27. The summed E-state index contributed by atoms with van der Waals surface area (Å²) in [4.78, 5) is 31.6. The molecule has 3 aromatic heterocycles. The molecule has 0 radical (unpaired) electrons. The smallest absolute Gasteiger partial charge is 0.268 e. The van der Waals surface area contributed by atoms with Crippen LogP contribution in [0, 0.1) is 6.92 Å². The number of imidazole rings is 1. The quantitative estimate of drug-likeness (QED) is 0.219. The van der Waals surface area contributed by atoms with E-state index in [2.05, 4.69) is 20.8 Å². The number of benzene rings is 2. The van der Waals surface area contributed by atoms with Crippen molar-refractivity contribution in [1.29, 1.82) is 0 Å². The molecule has 0 aliphatic rings. The van der Waals surface area contributed by atoms with Crippen molar-refractivity contribution in [1.82, 2.24) is 14.7 Å². The number of nitrogens with zero attached hydrogens (tertiary/aromatic N) is 3. The first kappa shape index (κ1) is 25.4. The summed E-state index contributed by atoms with van der Waals surface area (Å²) < 4.78 is 7.08. The summed E-state index contributed by atoms with van der Waals surface area (Å²) in [5.74, 6) is 0.601. The Balaban J connectivity index is 1.39. The zero-order valence-electron chi connectivity index (χ0n) is 21.2. The van der Waals surface area contributed by atoms with E-state index in [1.807, 2.05) is 49.4 Å². The van der Waals surface area contributed by atoms with Gasteiger partial charge in [0.05, 0.1) is 45.7 Å². The number of amides is 1. The number of hydrogen-bond donors (Lipinski definition) is 3. The average molecular weight is 530 g/mol. The molecule has 194 valence electrons. The lowest BCUT2D eigenvalue weighted by Gasteiger charge is -2.20. The summed E-state index contributed by atoms with van der Waals surface area (Å²) >= 11 is 1.29. The molecule has 5 aromatic rings. The molecule has 38 heavy (non-hydrogen) atoms. The lowest BCUT2D eigenvalue weighted by atomic mass is 10.1. The van der Waals surface area contributed by atoms with Gasteiger partial charge >= 0.3 is 0 Å². The molecule has 0 unspecified atom stereocenters. The van der Waals surface area contributed by atoms with E-state index in [4.69, 9.17) is 4.52 Å². The van der Waals surface area contributed by atoms with E-state index < -0.39 is 5.60 Å². The van der Waals surface area contributed by atoms with E-state index >= 15 is 0 Å². The third kappa shape index (κ3) is 5.51. The number of aryl methyl sites for hydroxylation is 1. The van der Waals surface area contributed by atoms with Gasteiger partial charge in [-0.15, -0.1) is 11.3 Å². The van der Waals surface area contributed by atoms with E-state index in [1.165, 1.54) is 11.3 Å². The highest BCUT2D eigenvalue weighted by molar-refractivity contribution is 7.17. The molecule has 1 amide bonds. The number of hydrogen-bond acceptors (Lipinski definition) is 8. The molecule has 3 N–H and O–H groups in total. The highest BCUT2D eigenvalue weighted by Crippen LogP contribution is 2.31. The van der Waals surface area contributed by atoms with Gasteiger partial charge in [-0.25, -0.2) is 4.98 Å². The highest BCUT2D eigenvalue weighted by Gasteiger charge is 2.22. The fourth-order valence-corrected chi connectivity index (χ4v) is 5.01. The Morgan fingerprint density at radius 2 is 1.89 bits per heavy atom. The molecular weight excluding hydrogens is 502 g/mol. The van der Waals surface area contributed by atoms with Crippen LogP contribution < -0.4 is 10.6 Å². The van der Waals surface area contributed by atoms with Crippen LogP contribution in [0.2, 0.25) is 0 Å². The Kier molecular flexibility index (Phi) is 6.83. The number of Topliss-reactive ketones (excluding diaryl/α,β-unsaturated/α-hetero) is 1. The van der Waals surface area contributed by atoms with Gasteiger partial charge in [0.15, 0.2) is 11.5 Å². The van der Waals surface area contributed by atoms with Crippen LogP contribution >= 0.6 is 11.3 Å². The summed E-state index contributed by atoms with van der Waals surface area (Å²) in [5, 5.41) is 20.4. The van der Waals surface area contributed by atoms with Gasteiger partial charge < -0.3 is 19.5 Å². The van der Waals surface area contributed by atoms with Gasteiger partial charge in [0.25, 0.3) is 5.91 Å². The normalized spacial score (nSPS) is 11.6. The molecule has 0 atom stereocenters. The molecule has 2 aromatic carbocycles. The summed E-state index contributed by atoms with van der Waals surface area (Å²) in [7, 11) is 0. The van der Waals surface area contributed by atoms with E-state index in [0.717, 1.165) is 21.6 Å². The zero-order valence-corrected chi connectivity index (χ0v) is 22.0. The second-order valence-corrected chi connectivity index (χ2v) is 10.7. The van der Waals surface area contributed by atoms with Gasteiger partial charge in [0.2, 0.25) is 5.95 Å². The van der Waals surface area contributed by atoms with Gasteiger partial charge in [-0.2, -0.15) is 0 Å². The number of carbonyl (C=O) groups is 2. The third-order valence-corrected chi connectivity index (χ3v) is 6.95. The Morgan fingerprint density at radius 1 is 1.11 bits per heavy atom. The molecule has 0 spiro atoms. The molecule has 0 bridgehead atoms. The second kappa shape index (κ2) is 10.2. The van der Waals surface area contributed by atoms with Gasteiger partial charge in [-0.05, 0) is 51.1 Å². The first-order chi connectivity index (χ1) is 18.2. The van der Waals surface area contributed by atoms with Crippen LogP contribution in [0.3, 0.4) is 0 Å². The molecule has 0 aliphatic heterocycles. The van der Waals surface area contributed by atoms with Crippen LogP contribution in [0.15, 0.2) is 71.4 Å². The fraction of sp³-hybridized carbons (Fsp3) is 0.214. The monoisotopic (exact) mass is 529 g/mol. The molecule has 10 heteroatoms. The third-order valence-electron chi connectivity index (χ3n) is 5.87. The standard InChI is InChI=1S/C28H27N5O4S/c1-17-14-30-37-25(17)23-11-12-24(38-23)26(35)32-27-31-20-13-19(9-10-21(20)33(27)16-28(2,3)36)29-15-22(34)18-7-5-4-6-8-18/h4-14,29,36H,15-16H2,1-3H3,(H,31,32,35). The number of rotatable bonds is 9. The van der Waals surface area contributed by atoms with Crippen LogP contribution in [0.5, 0.6) is 0 Å². The van der Waals surface area contributed by atoms with Crippen molar-refractivity contribution >= 4 is 45.7 Å². The van der Waals surface area contributed by atoms with Crippen LogP contribution in [0.4, 0.5) is 11.6 Å². The van der Waals surface area contributed by atoms with E-state index in [0.29, 0.717) is 27.7 Å². The van der Waals surface area contributed by atoms with Gasteiger partial charge in [0.1, 0.15) is 0 Å². The maximum Gasteiger partial charge on any atom is 0.268 e. The fourth-order valence-electron chi connectivity index (χ4n) is 4.06. The first-order valence-electron chi connectivity index (χ1n) is 12.1. The Labute approximate surface area is 223 Å². The number of carbonyl (C=O) groups excluding carboxylic acids is 2. The SMILES string of the molecule is Cc1cnoc1-c1ccc(C(=O)Nc2nc3cc(NCC(=O)c4ccccc4)ccc3n2CC(C)(C)O)s1. The average Bonchev–Trinajstić information content (AvgIpc) is 3.61. The molecule has 0 saturated heterocycles. The summed E-state index contributed by atoms with van der Waals surface area (Å²) in [6, 6.07) is 18.2. The van der Waals surface area contributed by atoms with E-state index in [9.17, 15) is 14.7 Å². The van der Waals surface area contributed by atoms with Crippen molar-refractivity contribution in [2.45, 2.75) is 32.9 Å². The van der Waals surface area contributed by atoms with Crippen molar-refractivity contribution in [3.63, 3.8) is 0 Å². The van der Waals surface area contributed by atoms with Gasteiger partial charge in [-0.1, -0.05) is 35.5 Å². The summed E-state index contributed by atoms with van der Waals surface area (Å²) in [6.45, 7) is 5.63. The number of fused-ring (bicyclic) bond motifs is 1. The predicted molar refractivity (Wildman–Crippen MR) is 148 cm³/mol. The minimum absolute atomic E-state index is 0.0259. The number of ketones is 1. The van der Waals surface area contributed by atoms with Crippen molar-refractivity contribution in [3.05, 3.63) is 82.9 Å². The number of nitrogens with one attached hydrogen (secondary N) is 2. The maximum atomic E-state index is 13.1. The van der Waals surface area contributed by atoms with Crippen molar-refractivity contribution < 1.29 is 19.2 Å². The van der Waals surface area contributed by atoms with E-state index in [1.54, 1.807) is 42.8 Å². The molecule has 9 nitrogen and oxygen atoms in total. The molecule has 5 rings (SSSR count). The Hall–Kier alpha value is -4.28. The minimum Gasteiger partial charge on any atom is -0.389 e. The first-order valence-corrected chi connectivity index (χ1v) is 12.9. The zero-order chi connectivity index (χ0) is 26.9. The molecule has 0 aliphatic carbocycles. The van der Waals surface area contributed by atoms with Gasteiger partial charge in [0, 0.05) is 16.8 Å². The number of thiophene rings is 1. The molecule has 0 fully saturated rings. The molecule has 0 saturated carbocycles. The topological polar surface area (TPSA) is 122 Å². The Morgan fingerprint density at radius 3 is 2.61 bits per heavy atom. The van der Waals surface area contributed by atoms with Crippen LogP contribution in [-0.2, 0) is 6.54 Å². The summed E-state index contributed by atoms with van der Waals surface area (Å²) in [6.07, 6.45) is 1.63. The second-order valence-electron chi connectivity index (χ2n) is 9.64. The summed E-state index contributed by atoms with van der Waals surface area (Å²) in [5.41, 5.74) is 2.55. The Bertz CT molecular complexity index is 1610. The molecule has 3 heterocycles. The van der Waals surface area contributed by atoms with Crippen molar-refractivity contribution in [2.24, 2.45) is 0 Å². The minimum atomic E-state index is -1.05. The van der Waals surface area contributed by atoms with Crippen LogP contribution in [0.1, 0.15) is 39.4 Å². The maximum absolute atomic E-state index is 13.1. The van der Waals surface area contributed by atoms with Gasteiger partial charge in [-0.3, -0.25) is 14.9 Å². The number of aromatic nitrogens is 3. The van der Waals surface area contributed by atoms with Crippen LogP contribution in [0.25, 0.3) is 21.7 Å². The van der Waals surface area contributed by atoms with Crippen molar-refractivity contribution in [3.8, 4) is 10.6 Å². The number of aliphatic hydroxyl groups is 1. The number of anilines is 2. The highest BCUT2D eigenvalue weighted by atomic mass is 32.1. The van der Waals surface area contributed by atoms with Crippen molar-refractivity contribution in [2.75, 3.05) is 17.2 Å². The van der Waals surface area contributed by atoms with E-state index in [-0.39, 0.29) is 24.8 Å².